The van der Waals surface area contributed by atoms with Crippen LogP contribution in [0.5, 0.6) is 5.75 Å². The molecule has 0 aromatic heterocycles. The molecule has 2 aliphatic heterocycles. The van der Waals surface area contributed by atoms with E-state index in [2.05, 4.69) is 10.1 Å². The van der Waals surface area contributed by atoms with Crippen LogP contribution < -0.4 is 10.1 Å². The Labute approximate surface area is 114 Å². The van der Waals surface area contributed by atoms with Gasteiger partial charge in [-0.1, -0.05) is 18.2 Å². The first-order chi connectivity index (χ1) is 9.36. The molecule has 0 amide bonds. The molecule has 3 rings (SSSR count). The van der Waals surface area contributed by atoms with E-state index in [0.29, 0.717) is 0 Å². The number of hydrogen-bond donors (Lipinski definition) is 1. The minimum atomic E-state index is -4.81. The highest BCUT2D eigenvalue weighted by molar-refractivity contribution is 5.39. The van der Waals surface area contributed by atoms with Gasteiger partial charge in [-0.2, -0.15) is 0 Å². The van der Waals surface area contributed by atoms with Crippen LogP contribution in [0, 0.1) is 0 Å². The lowest BCUT2D eigenvalue weighted by atomic mass is 9.82. The summed E-state index contributed by atoms with van der Waals surface area (Å²) in [5.41, 5.74) is -1.74. The Morgan fingerprint density at radius 3 is 2.30 bits per heavy atom. The topological polar surface area (TPSA) is 21.3 Å². The van der Waals surface area contributed by atoms with Crippen molar-refractivity contribution in [1.82, 2.24) is 5.32 Å². The SMILES string of the molecule is FC(F)(F)Oc1ccccc1C1(F)CC2CCC(C1)N2. The summed E-state index contributed by atoms with van der Waals surface area (Å²) in [4.78, 5) is 0. The lowest BCUT2D eigenvalue weighted by Crippen LogP contribution is -2.44. The van der Waals surface area contributed by atoms with Gasteiger partial charge in [-0.3, -0.25) is 0 Å². The Balaban J connectivity index is 1.93. The highest BCUT2D eigenvalue weighted by Gasteiger charge is 2.47. The first-order valence-electron chi connectivity index (χ1n) is 6.66. The maximum Gasteiger partial charge on any atom is 0.573 e. The molecule has 2 unspecified atom stereocenters. The average Bonchev–Trinajstić information content (AvgIpc) is 2.68. The summed E-state index contributed by atoms with van der Waals surface area (Å²) < 4.78 is 56.4. The molecule has 2 nitrogen and oxygen atoms in total. The zero-order valence-corrected chi connectivity index (χ0v) is 10.7. The number of alkyl halides is 4. The quantitative estimate of drug-likeness (QED) is 0.839. The van der Waals surface area contributed by atoms with E-state index < -0.39 is 17.8 Å². The van der Waals surface area contributed by atoms with Crippen molar-refractivity contribution in [2.45, 2.75) is 49.8 Å². The fourth-order valence-electron chi connectivity index (χ4n) is 3.36. The van der Waals surface area contributed by atoms with E-state index in [-0.39, 0.29) is 30.5 Å². The molecule has 2 aliphatic rings. The van der Waals surface area contributed by atoms with Gasteiger partial charge in [0, 0.05) is 30.5 Å². The van der Waals surface area contributed by atoms with Crippen LogP contribution in [0.1, 0.15) is 31.2 Å². The fraction of sp³-hybridized carbons (Fsp3) is 0.571. The normalized spacial score (nSPS) is 33.2. The fourth-order valence-corrected chi connectivity index (χ4v) is 3.36. The summed E-state index contributed by atoms with van der Waals surface area (Å²) in [7, 11) is 0. The van der Waals surface area contributed by atoms with Crippen LogP contribution >= 0.6 is 0 Å². The van der Waals surface area contributed by atoms with Crippen LogP contribution in [-0.2, 0) is 5.67 Å². The van der Waals surface area contributed by atoms with Crippen molar-refractivity contribution in [3.63, 3.8) is 0 Å². The van der Waals surface area contributed by atoms with Crippen molar-refractivity contribution in [2.24, 2.45) is 0 Å². The van der Waals surface area contributed by atoms with Crippen molar-refractivity contribution in [2.75, 3.05) is 0 Å². The van der Waals surface area contributed by atoms with Crippen LogP contribution in [0.25, 0.3) is 0 Å². The van der Waals surface area contributed by atoms with E-state index in [0.717, 1.165) is 12.8 Å². The van der Waals surface area contributed by atoms with Gasteiger partial charge in [-0.05, 0) is 18.9 Å². The first kappa shape index (κ1) is 13.7. The highest BCUT2D eigenvalue weighted by atomic mass is 19.4. The third-order valence-electron chi connectivity index (χ3n) is 4.07. The number of benzene rings is 1. The molecule has 20 heavy (non-hydrogen) atoms. The third kappa shape index (κ3) is 2.61. The summed E-state index contributed by atoms with van der Waals surface area (Å²) in [5, 5.41) is 3.28. The molecule has 1 N–H and O–H groups in total. The summed E-state index contributed by atoms with van der Waals surface area (Å²) in [6.07, 6.45) is -2.67. The van der Waals surface area contributed by atoms with Crippen LogP contribution in [-0.4, -0.2) is 18.4 Å². The number of nitrogens with one attached hydrogen (secondary N) is 1. The Kier molecular flexibility index (Phi) is 3.16. The Morgan fingerprint density at radius 2 is 1.70 bits per heavy atom. The second kappa shape index (κ2) is 4.62. The minimum absolute atomic E-state index is 0.00993. The van der Waals surface area contributed by atoms with Crippen molar-refractivity contribution in [3.8, 4) is 5.75 Å². The molecule has 0 aliphatic carbocycles. The number of piperidine rings is 1. The molecule has 2 heterocycles. The molecule has 0 radical (unpaired) electrons. The van der Waals surface area contributed by atoms with Gasteiger partial charge in [-0.25, -0.2) is 4.39 Å². The summed E-state index contributed by atoms with van der Waals surface area (Å²) in [6, 6.07) is 5.61. The lowest BCUT2D eigenvalue weighted by molar-refractivity contribution is -0.275. The van der Waals surface area contributed by atoms with E-state index in [1.54, 1.807) is 6.07 Å². The van der Waals surface area contributed by atoms with Gasteiger partial charge >= 0.3 is 6.36 Å². The summed E-state index contributed by atoms with van der Waals surface area (Å²) >= 11 is 0. The van der Waals surface area contributed by atoms with E-state index in [1.165, 1.54) is 18.2 Å². The summed E-state index contributed by atoms with van der Waals surface area (Å²) in [6.45, 7) is 0. The van der Waals surface area contributed by atoms with Crippen molar-refractivity contribution in [3.05, 3.63) is 29.8 Å². The van der Waals surface area contributed by atoms with Gasteiger partial charge in [0.05, 0.1) is 0 Å². The van der Waals surface area contributed by atoms with Crippen LogP contribution in [0.4, 0.5) is 17.6 Å². The molecule has 2 fully saturated rings. The Hall–Kier alpha value is -1.30. The predicted molar refractivity (Wildman–Crippen MR) is 65.1 cm³/mol. The Bertz CT molecular complexity index is 490. The molecule has 0 spiro atoms. The van der Waals surface area contributed by atoms with Gasteiger partial charge < -0.3 is 10.1 Å². The summed E-state index contributed by atoms with van der Waals surface area (Å²) in [5.74, 6) is -0.427. The van der Waals surface area contributed by atoms with Gasteiger partial charge in [0.25, 0.3) is 0 Å². The van der Waals surface area contributed by atoms with Crippen molar-refractivity contribution < 1.29 is 22.3 Å². The maximum absolute atomic E-state index is 15.2. The molecule has 1 aromatic rings. The number of ether oxygens (including phenoxy) is 1. The highest BCUT2D eigenvalue weighted by Crippen LogP contribution is 2.47. The van der Waals surface area contributed by atoms with Crippen LogP contribution in [0.15, 0.2) is 24.3 Å². The molecule has 1 aromatic carbocycles. The van der Waals surface area contributed by atoms with Crippen molar-refractivity contribution >= 4 is 0 Å². The minimum Gasteiger partial charge on any atom is -0.405 e. The van der Waals surface area contributed by atoms with E-state index in [9.17, 15) is 13.2 Å². The largest absolute Gasteiger partial charge is 0.573 e. The van der Waals surface area contributed by atoms with Gasteiger partial charge in [0.2, 0.25) is 0 Å². The molecular formula is C14H15F4NO. The molecule has 2 bridgehead atoms. The third-order valence-corrected chi connectivity index (χ3v) is 4.07. The molecule has 110 valence electrons. The second-order valence-electron chi connectivity index (χ2n) is 5.56. The van der Waals surface area contributed by atoms with E-state index >= 15 is 4.39 Å². The second-order valence-corrected chi connectivity index (χ2v) is 5.56. The standard InChI is InChI=1S/C14H15F4NO/c15-13(7-9-5-6-10(8-13)19-9)11-3-1-2-4-12(11)20-14(16,17)18/h1-4,9-10,19H,5-8H2. The first-order valence-corrected chi connectivity index (χ1v) is 6.66. The van der Waals surface area contributed by atoms with Gasteiger partial charge in [0.1, 0.15) is 11.4 Å². The number of hydrogen-bond acceptors (Lipinski definition) is 2. The predicted octanol–water partition coefficient (Wildman–Crippen LogP) is 3.66. The molecule has 2 atom stereocenters. The zero-order valence-electron chi connectivity index (χ0n) is 10.7. The Morgan fingerprint density at radius 1 is 1.10 bits per heavy atom. The molecular weight excluding hydrogens is 274 g/mol. The van der Waals surface area contributed by atoms with Crippen LogP contribution in [0.2, 0.25) is 0 Å². The molecule has 0 saturated carbocycles. The molecule has 6 heteroatoms. The number of rotatable bonds is 2. The number of halogens is 4. The van der Waals surface area contributed by atoms with Crippen molar-refractivity contribution in [1.29, 1.82) is 0 Å². The van der Waals surface area contributed by atoms with E-state index in [1.807, 2.05) is 0 Å². The van der Waals surface area contributed by atoms with E-state index in [4.69, 9.17) is 0 Å². The average molecular weight is 289 g/mol. The zero-order chi connectivity index (χ0) is 14.4. The number of para-hydroxylation sites is 1. The smallest absolute Gasteiger partial charge is 0.405 e. The van der Waals surface area contributed by atoms with Crippen LogP contribution in [0.3, 0.4) is 0 Å². The van der Waals surface area contributed by atoms with Gasteiger partial charge in [0.15, 0.2) is 0 Å². The maximum atomic E-state index is 15.2. The monoisotopic (exact) mass is 289 g/mol. The van der Waals surface area contributed by atoms with Gasteiger partial charge in [-0.15, -0.1) is 13.2 Å². The molecule has 2 saturated heterocycles. The lowest BCUT2D eigenvalue weighted by Gasteiger charge is -2.36. The number of fused-ring (bicyclic) bond motifs is 2.